The zero-order valence-corrected chi connectivity index (χ0v) is 28.7. The fourth-order valence-corrected chi connectivity index (χ4v) is 6.52. The minimum Gasteiger partial charge on any atom is -0.392 e. The maximum Gasteiger partial charge on any atom is 0.243 e. The highest BCUT2D eigenvalue weighted by Gasteiger charge is 2.34. The lowest BCUT2D eigenvalue weighted by molar-refractivity contribution is -0.253. The maximum absolute atomic E-state index is 12.3. The van der Waals surface area contributed by atoms with Gasteiger partial charge in [-0.15, -0.1) is 0 Å². The quantitative estimate of drug-likeness (QED) is 0.0833. The molecule has 268 valence electrons. The Bertz CT molecular complexity index is 1700. The van der Waals surface area contributed by atoms with Gasteiger partial charge in [0, 0.05) is 76.5 Å². The van der Waals surface area contributed by atoms with Crippen molar-refractivity contribution in [2.75, 3.05) is 37.6 Å². The van der Waals surface area contributed by atoms with E-state index >= 15 is 0 Å². The maximum atomic E-state index is 12.3. The average Bonchev–Trinajstić information content (AvgIpc) is 3.19. The van der Waals surface area contributed by atoms with Crippen molar-refractivity contribution in [2.45, 2.75) is 63.8 Å². The molecule has 3 aromatic carbocycles. The van der Waals surface area contributed by atoms with Crippen molar-refractivity contribution in [1.82, 2.24) is 25.7 Å². The van der Waals surface area contributed by atoms with Gasteiger partial charge in [0.2, 0.25) is 17.8 Å². The van der Waals surface area contributed by atoms with E-state index in [4.69, 9.17) is 14.7 Å². The molecule has 12 nitrogen and oxygen atoms in total. The second-order valence-electron chi connectivity index (χ2n) is 13.0. The van der Waals surface area contributed by atoms with Gasteiger partial charge in [0.25, 0.3) is 0 Å². The van der Waals surface area contributed by atoms with E-state index in [0.29, 0.717) is 25.8 Å². The number of hydrogen-bond donors (Lipinski definition) is 4. The molecule has 0 bridgehead atoms. The van der Waals surface area contributed by atoms with Crippen LogP contribution in [0.25, 0.3) is 11.1 Å². The van der Waals surface area contributed by atoms with Crippen molar-refractivity contribution in [3.8, 4) is 11.1 Å². The molecule has 2 aliphatic rings. The molecule has 1 aromatic heterocycles. The van der Waals surface area contributed by atoms with E-state index in [-0.39, 0.29) is 31.1 Å². The monoisotopic (exact) mass is 694 g/mol. The number of aliphatic hydroxyl groups is 1. The first-order valence-electron chi connectivity index (χ1n) is 17.6. The first kappa shape index (κ1) is 36.1. The van der Waals surface area contributed by atoms with Gasteiger partial charge in [0.05, 0.1) is 18.8 Å². The first-order chi connectivity index (χ1) is 25.0. The number of rotatable bonds is 14. The normalized spacial score (nSPS) is 19.4. The molecule has 0 spiro atoms. The van der Waals surface area contributed by atoms with Gasteiger partial charge >= 0.3 is 0 Å². The van der Waals surface area contributed by atoms with Gasteiger partial charge in [0.15, 0.2) is 6.29 Å². The lowest BCUT2D eigenvalue weighted by atomic mass is 9.98. The molecule has 51 heavy (non-hydrogen) atoms. The summed E-state index contributed by atoms with van der Waals surface area (Å²) in [5, 5.41) is 21.1. The van der Waals surface area contributed by atoms with Gasteiger partial charge in [0.1, 0.15) is 0 Å². The van der Waals surface area contributed by atoms with Crippen LogP contribution in [-0.2, 0) is 32.2 Å². The number of ether oxygens (including phenoxy) is 2. The number of benzene rings is 3. The molecule has 0 aliphatic carbocycles. The Morgan fingerprint density at radius 2 is 1.49 bits per heavy atom. The molecule has 0 saturated carbocycles. The summed E-state index contributed by atoms with van der Waals surface area (Å²) in [7, 11) is 0. The van der Waals surface area contributed by atoms with Gasteiger partial charge in [-0.25, -0.2) is 15.4 Å². The van der Waals surface area contributed by atoms with Crippen molar-refractivity contribution >= 4 is 17.8 Å². The van der Waals surface area contributed by atoms with Gasteiger partial charge in [-0.1, -0.05) is 66.7 Å². The SMILES string of the molecule is O=C(CCCCC(=O)NCc1cccc(-c2ccc([C@@H]3O[C@H](CN4CCN(c5ncccn5)CC4)C[C@H](c4ccc(CO)cc4)O3)cc2)c1)NO. The predicted molar refractivity (Wildman–Crippen MR) is 191 cm³/mol. The molecule has 3 atom stereocenters. The number of nitrogens with one attached hydrogen (secondary N) is 2. The molecule has 0 unspecified atom stereocenters. The molecular formula is C39H46N6O6. The highest BCUT2D eigenvalue weighted by atomic mass is 16.7. The number of anilines is 1. The summed E-state index contributed by atoms with van der Waals surface area (Å²) >= 11 is 0. The molecule has 0 radical (unpaired) electrons. The smallest absolute Gasteiger partial charge is 0.243 e. The number of carbonyl (C=O) groups is 2. The van der Waals surface area contributed by atoms with Crippen LogP contribution in [-0.4, -0.2) is 75.8 Å². The number of amides is 2. The van der Waals surface area contributed by atoms with Gasteiger partial charge in [-0.05, 0) is 52.8 Å². The third kappa shape index (κ3) is 10.2. The first-order valence-corrected chi connectivity index (χ1v) is 17.6. The standard InChI is InChI=1S/C39H46N6O6/c46-27-28-9-11-31(12-10-28)35-24-34(26-44-19-21-45(22-20-44)39-40-17-4-18-41-39)50-38(51-35)32-15-13-30(14-16-32)33-6-3-5-29(23-33)25-42-36(47)7-1-2-8-37(48)43-49/h3-6,9-18,23,34-35,38,46,49H,1-2,7-8,19-22,24-27H2,(H,42,47)(H,43,48)/t34-,35+,38+/m0/s1. The van der Waals surface area contributed by atoms with E-state index in [9.17, 15) is 14.7 Å². The molecule has 4 N–H and O–H groups in total. The molecule has 6 rings (SSSR count). The largest absolute Gasteiger partial charge is 0.392 e. The lowest BCUT2D eigenvalue weighted by Gasteiger charge is -2.40. The fraction of sp³-hybridized carbons (Fsp3) is 0.385. The van der Waals surface area contributed by atoms with Gasteiger partial charge in [-0.3, -0.25) is 19.7 Å². The predicted octanol–water partition coefficient (Wildman–Crippen LogP) is 4.69. The molecule has 3 heterocycles. The van der Waals surface area contributed by atoms with Crippen LogP contribution in [0, 0.1) is 0 Å². The van der Waals surface area contributed by atoms with Crippen LogP contribution < -0.4 is 15.7 Å². The molecular weight excluding hydrogens is 648 g/mol. The molecule has 4 aromatic rings. The van der Waals surface area contributed by atoms with Crippen LogP contribution in [0.5, 0.6) is 0 Å². The number of aromatic nitrogens is 2. The summed E-state index contributed by atoms with van der Waals surface area (Å²) in [6.07, 6.45) is 5.14. The Kier molecular flexibility index (Phi) is 12.7. The van der Waals surface area contributed by atoms with E-state index in [1.54, 1.807) is 17.9 Å². The topological polar surface area (TPSA) is 149 Å². The summed E-state index contributed by atoms with van der Waals surface area (Å²) in [6, 6.07) is 26.1. The summed E-state index contributed by atoms with van der Waals surface area (Å²) in [5.41, 5.74) is 7.53. The van der Waals surface area contributed by atoms with Crippen LogP contribution in [0.15, 0.2) is 91.3 Å². The average molecular weight is 695 g/mol. The molecule has 2 aliphatic heterocycles. The molecule has 12 heteroatoms. The highest BCUT2D eigenvalue weighted by molar-refractivity contribution is 5.76. The second kappa shape index (κ2) is 18.0. The third-order valence-corrected chi connectivity index (χ3v) is 9.40. The number of carbonyl (C=O) groups excluding carboxylic acids is 2. The van der Waals surface area contributed by atoms with Crippen molar-refractivity contribution in [1.29, 1.82) is 0 Å². The van der Waals surface area contributed by atoms with E-state index in [0.717, 1.165) is 78.5 Å². The number of piperazine rings is 1. The summed E-state index contributed by atoms with van der Waals surface area (Å²) in [5.74, 6) is 0.244. The Labute approximate surface area is 298 Å². The van der Waals surface area contributed by atoms with Crippen molar-refractivity contribution < 1.29 is 29.4 Å². The van der Waals surface area contributed by atoms with Crippen LogP contribution in [0.3, 0.4) is 0 Å². The fourth-order valence-electron chi connectivity index (χ4n) is 6.52. The number of hydroxylamine groups is 1. The van der Waals surface area contributed by atoms with Crippen molar-refractivity contribution in [2.24, 2.45) is 0 Å². The Balaban J connectivity index is 1.08. The Hall–Kier alpha value is -4.72. The van der Waals surface area contributed by atoms with Crippen molar-refractivity contribution in [3.63, 3.8) is 0 Å². The minimum absolute atomic E-state index is 0.000886. The number of unbranched alkanes of at least 4 members (excludes halogenated alkanes) is 1. The minimum atomic E-state index is -0.543. The van der Waals surface area contributed by atoms with Gasteiger partial charge in [-0.2, -0.15) is 0 Å². The lowest BCUT2D eigenvalue weighted by Crippen LogP contribution is -2.50. The third-order valence-electron chi connectivity index (χ3n) is 9.40. The summed E-state index contributed by atoms with van der Waals surface area (Å²) in [6.45, 7) is 4.68. The molecule has 2 fully saturated rings. The van der Waals surface area contributed by atoms with Crippen LogP contribution >= 0.6 is 0 Å². The zero-order valence-electron chi connectivity index (χ0n) is 28.7. The number of aliphatic hydroxyl groups excluding tert-OH is 1. The highest BCUT2D eigenvalue weighted by Crippen LogP contribution is 2.39. The Morgan fingerprint density at radius 3 is 2.20 bits per heavy atom. The van der Waals surface area contributed by atoms with Crippen LogP contribution in [0.4, 0.5) is 5.95 Å². The summed E-state index contributed by atoms with van der Waals surface area (Å²) < 4.78 is 13.2. The Morgan fingerprint density at radius 1 is 0.784 bits per heavy atom. The van der Waals surface area contributed by atoms with E-state index < -0.39 is 12.2 Å². The zero-order chi connectivity index (χ0) is 35.4. The second-order valence-corrected chi connectivity index (χ2v) is 13.0. The van der Waals surface area contributed by atoms with E-state index in [1.165, 1.54) is 0 Å². The number of hydrogen-bond acceptors (Lipinski definition) is 10. The molecule has 2 amide bonds. The molecule has 2 saturated heterocycles. The summed E-state index contributed by atoms with van der Waals surface area (Å²) in [4.78, 5) is 36.9. The van der Waals surface area contributed by atoms with Crippen LogP contribution in [0.2, 0.25) is 0 Å². The van der Waals surface area contributed by atoms with E-state index in [2.05, 4.69) is 55.4 Å². The van der Waals surface area contributed by atoms with Crippen molar-refractivity contribution in [3.05, 3.63) is 114 Å². The van der Waals surface area contributed by atoms with Gasteiger partial charge < -0.3 is 24.8 Å². The van der Waals surface area contributed by atoms with E-state index in [1.807, 2.05) is 48.5 Å². The van der Waals surface area contributed by atoms with Crippen LogP contribution in [0.1, 0.15) is 66.8 Å². The number of nitrogens with zero attached hydrogens (tertiary/aromatic N) is 4.